The first-order valence-electron chi connectivity index (χ1n) is 9.88. The van der Waals surface area contributed by atoms with Crippen LogP contribution in [0.3, 0.4) is 0 Å². The molecule has 0 spiro atoms. The molecule has 1 aromatic heterocycles. The lowest BCUT2D eigenvalue weighted by Crippen LogP contribution is -1.94. The molecule has 0 N–H and O–H groups in total. The third kappa shape index (κ3) is 3.39. The molecule has 0 amide bonds. The SMILES string of the molecule is C(=C(\C=C\c1ccccc1)n1c2ccccc2c2ccccc21)/c1ccccc1. The summed E-state index contributed by atoms with van der Waals surface area (Å²) in [4.78, 5) is 0. The van der Waals surface area contributed by atoms with E-state index in [0.717, 1.165) is 5.70 Å². The largest absolute Gasteiger partial charge is 0.309 e. The van der Waals surface area contributed by atoms with Crippen LogP contribution in [0.2, 0.25) is 0 Å². The Hall–Kier alpha value is -3.84. The number of aromatic nitrogens is 1. The van der Waals surface area contributed by atoms with Crippen LogP contribution in [0.5, 0.6) is 0 Å². The quantitative estimate of drug-likeness (QED) is 0.288. The Bertz CT molecular complexity index is 1270. The van der Waals surface area contributed by atoms with Crippen molar-refractivity contribution in [2.45, 2.75) is 0 Å². The molecule has 0 aliphatic carbocycles. The zero-order valence-corrected chi connectivity index (χ0v) is 16.1. The monoisotopic (exact) mass is 371 g/mol. The van der Waals surface area contributed by atoms with Crippen LogP contribution in [0.15, 0.2) is 115 Å². The van der Waals surface area contributed by atoms with Gasteiger partial charge >= 0.3 is 0 Å². The van der Waals surface area contributed by atoms with Gasteiger partial charge in [-0.1, -0.05) is 103 Å². The molecule has 0 atom stereocenters. The predicted octanol–water partition coefficient (Wildman–Crippen LogP) is 7.51. The van der Waals surface area contributed by atoms with Crippen LogP contribution in [0, 0.1) is 0 Å². The first-order valence-corrected chi connectivity index (χ1v) is 9.88. The molecule has 1 nitrogen and oxygen atoms in total. The number of hydrogen-bond acceptors (Lipinski definition) is 0. The summed E-state index contributed by atoms with van der Waals surface area (Å²) in [7, 11) is 0. The summed E-state index contributed by atoms with van der Waals surface area (Å²) >= 11 is 0. The van der Waals surface area contributed by atoms with Crippen LogP contribution in [-0.2, 0) is 0 Å². The summed E-state index contributed by atoms with van der Waals surface area (Å²) < 4.78 is 2.36. The van der Waals surface area contributed by atoms with E-state index >= 15 is 0 Å². The molecule has 4 aromatic carbocycles. The van der Waals surface area contributed by atoms with Crippen molar-refractivity contribution in [1.29, 1.82) is 0 Å². The average molecular weight is 371 g/mol. The van der Waals surface area contributed by atoms with Crippen molar-refractivity contribution in [3.63, 3.8) is 0 Å². The summed E-state index contributed by atoms with van der Waals surface area (Å²) in [5.74, 6) is 0. The molecule has 138 valence electrons. The van der Waals surface area contributed by atoms with Crippen molar-refractivity contribution in [2.24, 2.45) is 0 Å². The van der Waals surface area contributed by atoms with Crippen molar-refractivity contribution in [2.75, 3.05) is 0 Å². The number of hydrogen-bond donors (Lipinski definition) is 0. The van der Waals surface area contributed by atoms with E-state index in [0.29, 0.717) is 0 Å². The van der Waals surface area contributed by atoms with Crippen molar-refractivity contribution in [3.8, 4) is 0 Å². The lowest BCUT2D eigenvalue weighted by atomic mass is 10.1. The van der Waals surface area contributed by atoms with Gasteiger partial charge in [0.2, 0.25) is 0 Å². The van der Waals surface area contributed by atoms with Crippen molar-refractivity contribution < 1.29 is 0 Å². The summed E-state index contributed by atoms with van der Waals surface area (Å²) in [5, 5.41) is 2.55. The molecule has 0 bridgehead atoms. The van der Waals surface area contributed by atoms with Crippen molar-refractivity contribution in [1.82, 2.24) is 4.57 Å². The molecule has 5 aromatic rings. The standard InChI is InChI=1S/C28H21N/c1-3-11-22(12-4-1)19-20-24(21-23-13-5-2-6-14-23)29-27-17-9-7-15-25(27)26-16-8-10-18-28(26)29/h1-21H/b20-19+,24-21-. The maximum atomic E-state index is 2.36. The van der Waals surface area contributed by atoms with E-state index in [-0.39, 0.29) is 0 Å². The highest BCUT2D eigenvalue weighted by atomic mass is 15.0. The second-order valence-corrected chi connectivity index (χ2v) is 7.09. The van der Waals surface area contributed by atoms with Crippen molar-refractivity contribution in [3.05, 3.63) is 126 Å². The van der Waals surface area contributed by atoms with Crippen molar-refractivity contribution >= 4 is 39.7 Å². The van der Waals surface area contributed by atoms with Gasteiger partial charge in [-0.25, -0.2) is 0 Å². The molecule has 0 saturated heterocycles. The molecule has 0 unspecified atom stereocenters. The van der Waals surface area contributed by atoms with E-state index < -0.39 is 0 Å². The number of rotatable bonds is 4. The number of fused-ring (bicyclic) bond motifs is 3. The van der Waals surface area contributed by atoms with E-state index in [4.69, 9.17) is 0 Å². The maximum absolute atomic E-state index is 2.36. The van der Waals surface area contributed by atoms with Gasteiger partial charge in [0.05, 0.1) is 11.0 Å². The fourth-order valence-corrected chi connectivity index (χ4v) is 3.85. The fourth-order valence-electron chi connectivity index (χ4n) is 3.85. The third-order valence-electron chi connectivity index (χ3n) is 5.20. The zero-order valence-electron chi connectivity index (χ0n) is 16.1. The summed E-state index contributed by atoms with van der Waals surface area (Å²) in [6, 6.07) is 38.2. The van der Waals surface area contributed by atoms with Crippen LogP contribution in [0.4, 0.5) is 0 Å². The maximum Gasteiger partial charge on any atom is 0.0541 e. The number of allylic oxidation sites excluding steroid dienone is 2. The van der Waals surface area contributed by atoms with Gasteiger partial charge in [0, 0.05) is 16.5 Å². The van der Waals surface area contributed by atoms with E-state index in [1.807, 2.05) is 6.07 Å². The minimum Gasteiger partial charge on any atom is -0.309 e. The van der Waals surface area contributed by atoms with Gasteiger partial charge in [-0.15, -0.1) is 0 Å². The van der Waals surface area contributed by atoms with Crippen LogP contribution < -0.4 is 0 Å². The molecule has 0 aliphatic heterocycles. The van der Waals surface area contributed by atoms with Gasteiger partial charge in [-0.3, -0.25) is 0 Å². The Morgan fingerprint density at radius 1 is 0.517 bits per heavy atom. The van der Waals surface area contributed by atoms with Gasteiger partial charge in [-0.05, 0) is 35.4 Å². The van der Waals surface area contributed by atoms with E-state index in [1.54, 1.807) is 0 Å². The van der Waals surface area contributed by atoms with Gasteiger partial charge in [-0.2, -0.15) is 0 Å². The molecular formula is C28H21N. The second kappa shape index (κ2) is 7.65. The first-order chi connectivity index (χ1) is 14.4. The van der Waals surface area contributed by atoms with Gasteiger partial charge in [0.25, 0.3) is 0 Å². The first kappa shape index (κ1) is 17.3. The topological polar surface area (TPSA) is 4.93 Å². The number of benzene rings is 4. The minimum atomic E-state index is 1.14. The highest BCUT2D eigenvalue weighted by molar-refractivity contribution is 6.11. The summed E-state index contributed by atoms with van der Waals surface area (Å²) in [6.45, 7) is 0. The van der Waals surface area contributed by atoms with Gasteiger partial charge in [0.1, 0.15) is 0 Å². The molecular weight excluding hydrogens is 350 g/mol. The second-order valence-electron chi connectivity index (χ2n) is 7.09. The van der Waals surface area contributed by atoms with Crippen LogP contribution in [0.25, 0.3) is 39.7 Å². The number of para-hydroxylation sites is 2. The molecule has 1 heteroatoms. The average Bonchev–Trinajstić information content (AvgIpc) is 3.13. The molecule has 0 fully saturated rings. The van der Waals surface area contributed by atoms with E-state index in [2.05, 4.69) is 126 Å². The van der Waals surface area contributed by atoms with Crippen LogP contribution in [-0.4, -0.2) is 4.57 Å². The zero-order chi connectivity index (χ0) is 19.5. The highest BCUT2D eigenvalue weighted by Crippen LogP contribution is 2.32. The normalized spacial score (nSPS) is 12.2. The smallest absolute Gasteiger partial charge is 0.0541 e. The Kier molecular flexibility index (Phi) is 4.56. The predicted molar refractivity (Wildman–Crippen MR) is 126 cm³/mol. The Balaban J connectivity index is 1.77. The minimum absolute atomic E-state index is 1.14. The summed E-state index contributed by atoms with van der Waals surface area (Å²) in [5.41, 5.74) is 5.94. The van der Waals surface area contributed by atoms with Gasteiger partial charge < -0.3 is 4.57 Å². The molecule has 5 rings (SSSR count). The van der Waals surface area contributed by atoms with Crippen LogP contribution in [0.1, 0.15) is 11.1 Å². The number of nitrogens with zero attached hydrogens (tertiary/aromatic N) is 1. The fraction of sp³-hybridized carbons (Fsp3) is 0. The van der Waals surface area contributed by atoms with E-state index in [1.165, 1.54) is 32.9 Å². The Labute approximate surface area is 170 Å². The molecule has 1 heterocycles. The third-order valence-corrected chi connectivity index (χ3v) is 5.20. The van der Waals surface area contributed by atoms with Gasteiger partial charge in [0.15, 0.2) is 0 Å². The van der Waals surface area contributed by atoms with E-state index in [9.17, 15) is 0 Å². The lowest BCUT2D eigenvalue weighted by Gasteiger charge is -2.10. The van der Waals surface area contributed by atoms with Crippen LogP contribution >= 0.6 is 0 Å². The lowest BCUT2D eigenvalue weighted by molar-refractivity contribution is 1.25. The Morgan fingerprint density at radius 2 is 1.00 bits per heavy atom. The Morgan fingerprint density at radius 3 is 1.59 bits per heavy atom. The summed E-state index contributed by atoms with van der Waals surface area (Å²) in [6.07, 6.45) is 6.64. The molecule has 0 radical (unpaired) electrons. The molecule has 0 saturated carbocycles. The molecule has 29 heavy (non-hydrogen) atoms. The highest BCUT2D eigenvalue weighted by Gasteiger charge is 2.11. The molecule has 0 aliphatic rings.